The van der Waals surface area contributed by atoms with Crippen LogP contribution in [0.1, 0.15) is 27.7 Å². The topological polar surface area (TPSA) is 155 Å². The number of hydrogen-bond donors (Lipinski definition) is 2. The smallest absolute Gasteiger partial charge is 0.215 e. The number of ether oxygens (including phenoxy) is 5. The molecule has 29 heavy (non-hydrogen) atoms. The number of hydrogen-bond acceptors (Lipinski definition) is 11. The zero-order valence-electron chi connectivity index (χ0n) is 16.9. The summed E-state index contributed by atoms with van der Waals surface area (Å²) in [6.07, 6.45) is -7.97. The van der Waals surface area contributed by atoms with Crippen LogP contribution in [0.2, 0.25) is 0 Å². The molecule has 2 N–H and O–H groups in total. The molecule has 0 aliphatic carbocycles. The van der Waals surface area contributed by atoms with Crippen molar-refractivity contribution in [2.75, 3.05) is 13.2 Å². The molecule has 6 unspecified atom stereocenters. The molecule has 0 aromatic heterocycles. The van der Waals surface area contributed by atoms with Gasteiger partial charge in [-0.05, 0) is 27.7 Å². The number of rotatable bonds is 18. The van der Waals surface area contributed by atoms with Gasteiger partial charge in [0.25, 0.3) is 0 Å². The van der Waals surface area contributed by atoms with Crippen molar-refractivity contribution in [2.24, 2.45) is 0 Å². The lowest BCUT2D eigenvalue weighted by Crippen LogP contribution is -2.46. The van der Waals surface area contributed by atoms with Gasteiger partial charge in [-0.3, -0.25) is 9.59 Å². The van der Waals surface area contributed by atoms with Crippen molar-refractivity contribution < 1.29 is 53.1 Å². The zero-order chi connectivity index (χ0) is 22.4. The molecule has 11 nitrogen and oxygen atoms in total. The average Bonchev–Trinajstić information content (AvgIpc) is 2.69. The van der Waals surface area contributed by atoms with E-state index in [9.17, 15) is 29.4 Å². The molecular formula is C18H30O11. The molecule has 0 aliphatic heterocycles. The second-order valence-corrected chi connectivity index (χ2v) is 6.43. The van der Waals surface area contributed by atoms with Gasteiger partial charge >= 0.3 is 0 Å². The summed E-state index contributed by atoms with van der Waals surface area (Å²) in [5.74, 6) is 0. The average molecular weight is 422 g/mol. The quantitative estimate of drug-likeness (QED) is 0.202. The van der Waals surface area contributed by atoms with E-state index in [1.807, 2.05) is 0 Å². The fraction of sp³-hybridized carbons (Fsp3) is 0.778. The van der Waals surface area contributed by atoms with Gasteiger partial charge in [0.2, 0.25) is 12.6 Å². The van der Waals surface area contributed by atoms with Crippen LogP contribution in [0, 0.1) is 0 Å². The number of carbonyl (C=O) groups is 4. The first kappa shape index (κ1) is 27.4. The van der Waals surface area contributed by atoms with Crippen molar-refractivity contribution in [3.05, 3.63) is 0 Å². The van der Waals surface area contributed by atoms with Crippen LogP contribution in [0.15, 0.2) is 0 Å². The fourth-order valence-electron chi connectivity index (χ4n) is 2.14. The first-order valence-corrected chi connectivity index (χ1v) is 9.06. The Balaban J connectivity index is 5.17. The minimum Gasteiger partial charge on any atom is -0.394 e. The fourth-order valence-corrected chi connectivity index (χ4v) is 2.14. The Morgan fingerprint density at radius 1 is 0.586 bits per heavy atom. The molecule has 0 bridgehead atoms. The second-order valence-electron chi connectivity index (χ2n) is 6.43. The number of carbonyl (C=O) groups excluding carboxylic acids is 4. The molecule has 0 heterocycles. The van der Waals surface area contributed by atoms with Crippen molar-refractivity contribution >= 4 is 25.1 Å². The van der Waals surface area contributed by atoms with Gasteiger partial charge < -0.3 is 43.5 Å². The van der Waals surface area contributed by atoms with Crippen molar-refractivity contribution in [1.29, 1.82) is 0 Å². The highest BCUT2D eigenvalue weighted by atomic mass is 16.7. The van der Waals surface area contributed by atoms with Crippen LogP contribution in [-0.4, -0.2) is 97.8 Å². The molecular weight excluding hydrogens is 392 g/mol. The predicted molar refractivity (Wildman–Crippen MR) is 96.9 cm³/mol. The van der Waals surface area contributed by atoms with Crippen LogP contribution < -0.4 is 0 Å². The van der Waals surface area contributed by atoms with Gasteiger partial charge in [0.1, 0.15) is 24.4 Å². The summed E-state index contributed by atoms with van der Waals surface area (Å²) in [4.78, 5) is 44.9. The Hall–Kier alpha value is -1.60. The van der Waals surface area contributed by atoms with Gasteiger partial charge in [-0.1, -0.05) is 0 Å². The first-order valence-electron chi connectivity index (χ1n) is 9.06. The summed E-state index contributed by atoms with van der Waals surface area (Å²) < 4.78 is 26.1. The molecule has 0 aromatic rings. The lowest BCUT2D eigenvalue weighted by molar-refractivity contribution is -0.242. The third kappa shape index (κ3) is 10.7. The van der Waals surface area contributed by atoms with Gasteiger partial charge in [0, 0.05) is 0 Å². The molecule has 0 spiro atoms. The van der Waals surface area contributed by atoms with E-state index >= 15 is 0 Å². The maximum Gasteiger partial charge on any atom is 0.215 e. The Morgan fingerprint density at radius 3 is 1.28 bits per heavy atom. The van der Waals surface area contributed by atoms with Gasteiger partial charge in [-0.25, -0.2) is 0 Å². The van der Waals surface area contributed by atoms with E-state index in [2.05, 4.69) is 0 Å². The first-order chi connectivity index (χ1) is 13.8. The van der Waals surface area contributed by atoms with E-state index in [0.29, 0.717) is 12.6 Å². The van der Waals surface area contributed by atoms with E-state index < -0.39 is 50.2 Å². The standard InChI is InChI=1S/C18H30O11/c1-11(2)25-13(5-19)14(6-20)28-18(10-24)29-16(8-22)15(7-21)27-17(9-23)26-12(3)4/h5,8-18,20-21H,6-7H2,1-4H3. The summed E-state index contributed by atoms with van der Waals surface area (Å²) in [7, 11) is 0. The molecule has 0 saturated heterocycles. The van der Waals surface area contributed by atoms with Gasteiger partial charge in [0.15, 0.2) is 25.1 Å². The molecule has 0 rings (SSSR count). The van der Waals surface area contributed by atoms with E-state index in [1.54, 1.807) is 27.7 Å². The molecule has 6 atom stereocenters. The maximum atomic E-state index is 11.4. The van der Waals surface area contributed by atoms with E-state index in [-0.39, 0.29) is 24.8 Å². The van der Waals surface area contributed by atoms with Crippen molar-refractivity contribution in [2.45, 2.75) is 76.9 Å². The Morgan fingerprint density at radius 2 is 0.966 bits per heavy atom. The van der Waals surface area contributed by atoms with Crippen LogP contribution >= 0.6 is 0 Å². The Kier molecular flexibility index (Phi) is 14.4. The molecule has 0 aliphatic rings. The maximum absolute atomic E-state index is 11.4. The van der Waals surface area contributed by atoms with E-state index in [4.69, 9.17) is 23.7 Å². The summed E-state index contributed by atoms with van der Waals surface area (Å²) in [6, 6.07) is 0. The lowest BCUT2D eigenvalue weighted by Gasteiger charge is -2.29. The van der Waals surface area contributed by atoms with Crippen LogP contribution in [0.5, 0.6) is 0 Å². The normalized spacial score (nSPS) is 17.9. The predicted octanol–water partition coefficient (Wildman–Crippen LogP) is -1.21. The molecule has 0 amide bonds. The Labute approximate surface area is 169 Å². The van der Waals surface area contributed by atoms with Gasteiger partial charge in [-0.2, -0.15) is 0 Å². The third-order valence-electron chi connectivity index (χ3n) is 3.33. The van der Waals surface area contributed by atoms with Crippen molar-refractivity contribution in [3.63, 3.8) is 0 Å². The Bertz CT molecular complexity index is 482. The van der Waals surface area contributed by atoms with Gasteiger partial charge in [-0.15, -0.1) is 0 Å². The molecule has 0 fully saturated rings. The monoisotopic (exact) mass is 422 g/mol. The number of aliphatic hydroxyl groups is 2. The highest BCUT2D eigenvalue weighted by Gasteiger charge is 2.32. The SMILES string of the molecule is CC(C)OC(C=O)OC(CO)C(C=O)OC(C=O)OC(CO)C(C=O)OC(C)C. The zero-order valence-corrected chi connectivity index (χ0v) is 16.9. The van der Waals surface area contributed by atoms with Crippen LogP contribution in [0.4, 0.5) is 0 Å². The minimum absolute atomic E-state index is 0.187. The van der Waals surface area contributed by atoms with Crippen LogP contribution in [-0.2, 0) is 42.9 Å². The highest BCUT2D eigenvalue weighted by Crippen LogP contribution is 2.13. The molecule has 0 aromatic carbocycles. The van der Waals surface area contributed by atoms with Gasteiger partial charge in [0.05, 0.1) is 25.4 Å². The largest absolute Gasteiger partial charge is 0.394 e. The number of aldehydes is 4. The minimum atomic E-state index is -1.70. The molecule has 11 heteroatoms. The van der Waals surface area contributed by atoms with Crippen molar-refractivity contribution in [3.8, 4) is 0 Å². The van der Waals surface area contributed by atoms with Crippen LogP contribution in [0.25, 0.3) is 0 Å². The number of aliphatic hydroxyl groups excluding tert-OH is 2. The highest BCUT2D eigenvalue weighted by molar-refractivity contribution is 5.60. The van der Waals surface area contributed by atoms with E-state index in [0.717, 1.165) is 0 Å². The van der Waals surface area contributed by atoms with Crippen LogP contribution in [0.3, 0.4) is 0 Å². The summed E-state index contributed by atoms with van der Waals surface area (Å²) in [5, 5.41) is 18.9. The molecule has 0 radical (unpaired) electrons. The third-order valence-corrected chi connectivity index (χ3v) is 3.33. The molecule has 0 saturated carbocycles. The summed E-state index contributed by atoms with van der Waals surface area (Å²) in [5.41, 5.74) is 0. The van der Waals surface area contributed by atoms with E-state index in [1.165, 1.54) is 0 Å². The summed E-state index contributed by atoms with van der Waals surface area (Å²) in [6.45, 7) is 5.20. The molecule has 168 valence electrons. The lowest BCUT2D eigenvalue weighted by atomic mass is 10.2. The second kappa shape index (κ2) is 15.3. The summed E-state index contributed by atoms with van der Waals surface area (Å²) >= 11 is 0. The van der Waals surface area contributed by atoms with Crippen molar-refractivity contribution in [1.82, 2.24) is 0 Å².